The van der Waals surface area contributed by atoms with Crippen molar-refractivity contribution in [1.29, 1.82) is 0 Å². The normalized spacial score (nSPS) is 10.7. The number of aromatic amines is 1. The second-order valence-electron chi connectivity index (χ2n) is 4.85. The molecule has 3 rings (SSSR count). The Balaban J connectivity index is 1.59. The highest BCUT2D eigenvalue weighted by molar-refractivity contribution is 5.93. The van der Waals surface area contributed by atoms with E-state index in [4.69, 9.17) is 0 Å². The van der Waals surface area contributed by atoms with Crippen LogP contribution in [-0.4, -0.2) is 16.1 Å². The third-order valence-corrected chi connectivity index (χ3v) is 3.28. The lowest BCUT2D eigenvalue weighted by molar-refractivity contribution is -0.116. The van der Waals surface area contributed by atoms with Crippen molar-refractivity contribution in [3.05, 3.63) is 60.0 Å². The second-order valence-corrected chi connectivity index (χ2v) is 4.85. The SMILES string of the molecule is O=C(CCc1ccc(F)cc1)Nc1ccc2cn[nH]c2c1. The molecule has 0 radical (unpaired) electrons. The molecular formula is C16H14FN3O. The molecule has 0 aliphatic carbocycles. The van der Waals surface area contributed by atoms with Gasteiger partial charge in [0, 0.05) is 17.5 Å². The molecule has 0 bridgehead atoms. The number of hydrogen-bond donors (Lipinski definition) is 2. The number of aromatic nitrogens is 2. The molecule has 0 saturated carbocycles. The van der Waals surface area contributed by atoms with Crippen LogP contribution in [0.25, 0.3) is 10.9 Å². The fourth-order valence-electron chi connectivity index (χ4n) is 2.15. The number of amides is 1. The van der Waals surface area contributed by atoms with Crippen molar-refractivity contribution in [2.45, 2.75) is 12.8 Å². The van der Waals surface area contributed by atoms with Crippen LogP contribution >= 0.6 is 0 Å². The van der Waals surface area contributed by atoms with Crippen LogP contribution in [0.5, 0.6) is 0 Å². The van der Waals surface area contributed by atoms with Crippen LogP contribution < -0.4 is 5.32 Å². The molecule has 1 amide bonds. The fourth-order valence-corrected chi connectivity index (χ4v) is 2.15. The van der Waals surface area contributed by atoms with Crippen LogP contribution in [0, 0.1) is 5.82 Å². The van der Waals surface area contributed by atoms with Crippen LogP contribution in [0.15, 0.2) is 48.7 Å². The van der Waals surface area contributed by atoms with Gasteiger partial charge in [0.05, 0.1) is 11.7 Å². The summed E-state index contributed by atoms with van der Waals surface area (Å²) in [6.07, 6.45) is 2.67. The molecule has 0 saturated heterocycles. The molecule has 21 heavy (non-hydrogen) atoms. The number of carbonyl (C=O) groups is 1. The van der Waals surface area contributed by atoms with Gasteiger partial charge >= 0.3 is 0 Å². The Morgan fingerprint density at radius 1 is 1.19 bits per heavy atom. The predicted molar refractivity (Wildman–Crippen MR) is 79.4 cm³/mol. The Morgan fingerprint density at radius 3 is 2.81 bits per heavy atom. The number of hydrogen-bond acceptors (Lipinski definition) is 2. The number of rotatable bonds is 4. The molecule has 2 N–H and O–H groups in total. The van der Waals surface area contributed by atoms with Gasteiger partial charge in [-0.2, -0.15) is 5.10 Å². The molecule has 0 fully saturated rings. The Kier molecular flexibility index (Phi) is 3.64. The minimum absolute atomic E-state index is 0.0711. The number of halogens is 1. The van der Waals surface area contributed by atoms with E-state index in [9.17, 15) is 9.18 Å². The molecule has 106 valence electrons. The number of benzene rings is 2. The molecule has 1 aromatic heterocycles. The predicted octanol–water partition coefficient (Wildman–Crippen LogP) is 3.27. The van der Waals surface area contributed by atoms with Gasteiger partial charge in [-0.05, 0) is 42.3 Å². The first kappa shape index (κ1) is 13.3. The average molecular weight is 283 g/mol. The molecule has 1 heterocycles. The van der Waals surface area contributed by atoms with Gasteiger partial charge in [0.2, 0.25) is 5.91 Å². The van der Waals surface area contributed by atoms with E-state index >= 15 is 0 Å². The van der Waals surface area contributed by atoms with Gasteiger partial charge in [-0.25, -0.2) is 4.39 Å². The molecule has 2 aromatic carbocycles. The number of carbonyl (C=O) groups excluding carboxylic acids is 1. The summed E-state index contributed by atoms with van der Waals surface area (Å²) in [6, 6.07) is 11.8. The van der Waals surface area contributed by atoms with Gasteiger partial charge in [-0.15, -0.1) is 0 Å². The van der Waals surface area contributed by atoms with Crippen LogP contribution in [0.4, 0.5) is 10.1 Å². The van der Waals surface area contributed by atoms with Crippen molar-refractivity contribution in [3.63, 3.8) is 0 Å². The quantitative estimate of drug-likeness (QED) is 0.772. The third-order valence-electron chi connectivity index (χ3n) is 3.28. The molecule has 0 unspecified atom stereocenters. The van der Waals surface area contributed by atoms with Gasteiger partial charge < -0.3 is 5.32 Å². The first-order chi connectivity index (χ1) is 10.2. The molecule has 0 aliphatic rings. The van der Waals surface area contributed by atoms with E-state index in [0.29, 0.717) is 12.8 Å². The Morgan fingerprint density at radius 2 is 2.00 bits per heavy atom. The molecular weight excluding hydrogens is 269 g/mol. The molecule has 0 atom stereocenters. The topological polar surface area (TPSA) is 57.8 Å². The number of anilines is 1. The van der Waals surface area contributed by atoms with Crippen molar-refractivity contribution >= 4 is 22.5 Å². The summed E-state index contributed by atoms with van der Waals surface area (Å²) < 4.78 is 12.8. The maximum absolute atomic E-state index is 12.8. The summed E-state index contributed by atoms with van der Waals surface area (Å²) in [5.74, 6) is -0.339. The standard InChI is InChI=1S/C16H14FN3O/c17-13-5-1-11(2-6-13)3-8-16(21)19-14-7-4-12-10-18-20-15(12)9-14/h1-2,4-7,9-10H,3,8H2,(H,18,20)(H,19,21). The number of fused-ring (bicyclic) bond motifs is 1. The zero-order valence-electron chi connectivity index (χ0n) is 11.3. The van der Waals surface area contributed by atoms with E-state index in [1.807, 2.05) is 18.2 Å². The first-order valence-corrected chi connectivity index (χ1v) is 6.68. The van der Waals surface area contributed by atoms with Crippen LogP contribution in [0.3, 0.4) is 0 Å². The van der Waals surface area contributed by atoms with Crippen LogP contribution in [-0.2, 0) is 11.2 Å². The summed E-state index contributed by atoms with van der Waals surface area (Å²) in [4.78, 5) is 11.9. The van der Waals surface area contributed by atoms with Crippen LogP contribution in [0.1, 0.15) is 12.0 Å². The van der Waals surface area contributed by atoms with Gasteiger partial charge in [0.25, 0.3) is 0 Å². The summed E-state index contributed by atoms with van der Waals surface area (Å²) in [5, 5.41) is 10.6. The average Bonchev–Trinajstić information content (AvgIpc) is 2.94. The van der Waals surface area contributed by atoms with Gasteiger partial charge in [0.1, 0.15) is 5.82 Å². The fraction of sp³-hybridized carbons (Fsp3) is 0.125. The zero-order chi connectivity index (χ0) is 14.7. The number of nitrogens with one attached hydrogen (secondary N) is 2. The third kappa shape index (κ3) is 3.25. The molecule has 4 nitrogen and oxygen atoms in total. The lowest BCUT2D eigenvalue weighted by Gasteiger charge is -2.05. The highest BCUT2D eigenvalue weighted by Gasteiger charge is 2.05. The van der Waals surface area contributed by atoms with E-state index in [-0.39, 0.29) is 11.7 Å². The van der Waals surface area contributed by atoms with Crippen LogP contribution in [0.2, 0.25) is 0 Å². The minimum Gasteiger partial charge on any atom is -0.326 e. The Hall–Kier alpha value is -2.69. The van der Waals surface area contributed by atoms with Crippen molar-refractivity contribution in [2.75, 3.05) is 5.32 Å². The lowest BCUT2D eigenvalue weighted by Crippen LogP contribution is -2.12. The van der Waals surface area contributed by atoms with E-state index in [1.165, 1.54) is 12.1 Å². The van der Waals surface area contributed by atoms with Crippen molar-refractivity contribution in [3.8, 4) is 0 Å². The highest BCUT2D eigenvalue weighted by Crippen LogP contribution is 2.17. The summed E-state index contributed by atoms with van der Waals surface area (Å²) in [6.45, 7) is 0. The van der Waals surface area contributed by atoms with E-state index in [0.717, 1.165) is 22.2 Å². The maximum Gasteiger partial charge on any atom is 0.224 e. The smallest absolute Gasteiger partial charge is 0.224 e. The van der Waals surface area contributed by atoms with E-state index < -0.39 is 0 Å². The van der Waals surface area contributed by atoms with E-state index in [1.54, 1.807) is 18.3 Å². The summed E-state index contributed by atoms with van der Waals surface area (Å²) >= 11 is 0. The lowest BCUT2D eigenvalue weighted by atomic mass is 10.1. The minimum atomic E-state index is -0.268. The van der Waals surface area contributed by atoms with Crippen molar-refractivity contribution in [1.82, 2.24) is 10.2 Å². The van der Waals surface area contributed by atoms with Crippen molar-refractivity contribution < 1.29 is 9.18 Å². The van der Waals surface area contributed by atoms with Crippen molar-refractivity contribution in [2.24, 2.45) is 0 Å². The first-order valence-electron chi connectivity index (χ1n) is 6.68. The molecule has 5 heteroatoms. The molecule has 0 aliphatic heterocycles. The highest BCUT2D eigenvalue weighted by atomic mass is 19.1. The summed E-state index contributed by atoms with van der Waals surface area (Å²) in [5.41, 5.74) is 2.55. The molecule has 3 aromatic rings. The summed E-state index contributed by atoms with van der Waals surface area (Å²) in [7, 11) is 0. The second kappa shape index (κ2) is 5.75. The van der Waals surface area contributed by atoms with Gasteiger partial charge in [-0.1, -0.05) is 12.1 Å². The zero-order valence-corrected chi connectivity index (χ0v) is 11.3. The number of aryl methyl sites for hydroxylation is 1. The molecule has 0 spiro atoms. The van der Waals surface area contributed by atoms with Gasteiger partial charge in [0.15, 0.2) is 0 Å². The van der Waals surface area contributed by atoms with E-state index in [2.05, 4.69) is 15.5 Å². The number of H-pyrrole nitrogens is 1. The maximum atomic E-state index is 12.8. The Labute approximate surface area is 121 Å². The monoisotopic (exact) mass is 283 g/mol. The Bertz CT molecular complexity index is 765. The van der Waals surface area contributed by atoms with Gasteiger partial charge in [-0.3, -0.25) is 9.89 Å². The number of nitrogens with zero attached hydrogens (tertiary/aromatic N) is 1. The largest absolute Gasteiger partial charge is 0.326 e.